The van der Waals surface area contributed by atoms with Crippen molar-refractivity contribution in [2.45, 2.75) is 84.8 Å². The predicted octanol–water partition coefficient (Wildman–Crippen LogP) is 3.63. The van der Waals surface area contributed by atoms with E-state index >= 15 is 0 Å². The molecule has 0 aromatic rings. The normalized spacial score (nSPS) is 30.3. The molecule has 1 fully saturated rings. The van der Waals surface area contributed by atoms with Gasteiger partial charge in [0.25, 0.3) is 0 Å². The molecule has 1 aliphatic carbocycles. The zero-order valence-corrected chi connectivity index (χ0v) is 13.6. The lowest BCUT2D eigenvalue weighted by atomic mass is 9.72. The summed E-state index contributed by atoms with van der Waals surface area (Å²) in [6.45, 7) is 12.1. The molecule has 3 nitrogen and oxygen atoms in total. The number of hydrogen-bond donors (Lipinski definition) is 2. The Kier molecular flexibility index (Phi) is 6.28. The van der Waals surface area contributed by atoms with E-state index in [1.807, 2.05) is 0 Å². The number of nitrogens with one attached hydrogen (secondary N) is 1. The second-order valence-corrected chi connectivity index (χ2v) is 7.52. The lowest BCUT2D eigenvalue weighted by Gasteiger charge is -2.45. The predicted molar refractivity (Wildman–Crippen MR) is 81.8 cm³/mol. The van der Waals surface area contributed by atoms with Crippen LogP contribution in [0, 0.1) is 11.3 Å². The third-order valence-corrected chi connectivity index (χ3v) is 4.44. The summed E-state index contributed by atoms with van der Waals surface area (Å²) in [6.07, 6.45) is 7.13. The van der Waals surface area contributed by atoms with E-state index < -0.39 is 0 Å². The summed E-state index contributed by atoms with van der Waals surface area (Å²) < 4.78 is 6.22. The maximum Gasteiger partial charge on any atom is 0.0850 e. The SMILES string of the molecule is CCOC1(C(CCC(C)(C)C)NN)CCCC(C)C1. The fourth-order valence-corrected chi connectivity index (χ4v) is 3.45. The Balaban J connectivity index is 2.75. The van der Waals surface area contributed by atoms with Crippen molar-refractivity contribution in [1.82, 2.24) is 5.43 Å². The molecule has 3 atom stereocenters. The number of hydrogen-bond acceptors (Lipinski definition) is 3. The van der Waals surface area contributed by atoms with Gasteiger partial charge in [0, 0.05) is 6.61 Å². The number of rotatable bonds is 6. The number of hydrazine groups is 1. The van der Waals surface area contributed by atoms with Crippen molar-refractivity contribution in [2.75, 3.05) is 6.61 Å². The van der Waals surface area contributed by atoms with Gasteiger partial charge < -0.3 is 4.74 Å². The summed E-state index contributed by atoms with van der Waals surface area (Å²) in [4.78, 5) is 0. The van der Waals surface area contributed by atoms with E-state index in [0.717, 1.165) is 31.8 Å². The van der Waals surface area contributed by atoms with E-state index in [1.165, 1.54) is 19.3 Å². The number of ether oxygens (including phenoxy) is 1. The van der Waals surface area contributed by atoms with Crippen LogP contribution in [0.2, 0.25) is 0 Å². The van der Waals surface area contributed by atoms with Gasteiger partial charge in [-0.2, -0.15) is 0 Å². The molecule has 0 aliphatic heterocycles. The summed E-state index contributed by atoms with van der Waals surface area (Å²) in [5.74, 6) is 6.61. The van der Waals surface area contributed by atoms with Gasteiger partial charge in [0.15, 0.2) is 0 Å². The fraction of sp³-hybridized carbons (Fsp3) is 1.00. The zero-order chi connectivity index (χ0) is 14.5. The van der Waals surface area contributed by atoms with Crippen LogP contribution in [0.5, 0.6) is 0 Å². The third kappa shape index (κ3) is 5.05. The zero-order valence-electron chi connectivity index (χ0n) is 13.6. The second kappa shape index (κ2) is 7.05. The van der Waals surface area contributed by atoms with Crippen molar-refractivity contribution in [2.24, 2.45) is 17.2 Å². The highest BCUT2D eigenvalue weighted by Crippen LogP contribution is 2.39. The van der Waals surface area contributed by atoms with Crippen LogP contribution >= 0.6 is 0 Å². The highest BCUT2D eigenvalue weighted by molar-refractivity contribution is 4.96. The minimum atomic E-state index is -0.0492. The van der Waals surface area contributed by atoms with Gasteiger partial charge in [-0.05, 0) is 43.9 Å². The van der Waals surface area contributed by atoms with Gasteiger partial charge in [0.05, 0.1) is 11.6 Å². The second-order valence-electron chi connectivity index (χ2n) is 7.52. The van der Waals surface area contributed by atoms with E-state index in [1.54, 1.807) is 0 Å². The minimum absolute atomic E-state index is 0.0492. The third-order valence-electron chi connectivity index (χ3n) is 4.44. The summed E-state index contributed by atoms with van der Waals surface area (Å²) in [5.41, 5.74) is 3.37. The molecule has 3 unspecified atom stereocenters. The first-order valence-corrected chi connectivity index (χ1v) is 7.93. The largest absolute Gasteiger partial charge is 0.374 e. The Morgan fingerprint density at radius 2 is 2.11 bits per heavy atom. The summed E-state index contributed by atoms with van der Waals surface area (Å²) in [7, 11) is 0. The van der Waals surface area contributed by atoms with Gasteiger partial charge in [0.1, 0.15) is 0 Å². The van der Waals surface area contributed by atoms with Gasteiger partial charge >= 0.3 is 0 Å². The van der Waals surface area contributed by atoms with Crippen LogP contribution in [-0.2, 0) is 4.74 Å². The highest BCUT2D eigenvalue weighted by atomic mass is 16.5. The van der Waals surface area contributed by atoms with E-state index in [2.05, 4.69) is 40.0 Å². The summed E-state index contributed by atoms with van der Waals surface area (Å²) in [5, 5.41) is 0. The molecule has 0 aromatic heterocycles. The van der Waals surface area contributed by atoms with Gasteiger partial charge in [-0.1, -0.05) is 40.5 Å². The van der Waals surface area contributed by atoms with Crippen LogP contribution in [0.3, 0.4) is 0 Å². The van der Waals surface area contributed by atoms with Crippen LogP contribution < -0.4 is 11.3 Å². The van der Waals surface area contributed by atoms with E-state index in [4.69, 9.17) is 10.6 Å². The molecule has 3 N–H and O–H groups in total. The van der Waals surface area contributed by atoms with Crippen LogP contribution in [0.25, 0.3) is 0 Å². The molecule has 1 aliphatic rings. The van der Waals surface area contributed by atoms with Crippen LogP contribution in [0.4, 0.5) is 0 Å². The van der Waals surface area contributed by atoms with Gasteiger partial charge in [-0.15, -0.1) is 0 Å². The highest BCUT2D eigenvalue weighted by Gasteiger charge is 2.42. The summed E-state index contributed by atoms with van der Waals surface area (Å²) in [6, 6.07) is 0.273. The van der Waals surface area contributed by atoms with Crippen molar-refractivity contribution < 1.29 is 4.74 Å². The molecule has 0 aromatic carbocycles. The molecule has 114 valence electrons. The Labute approximate surface area is 119 Å². The lowest BCUT2D eigenvalue weighted by Crippen LogP contribution is -2.57. The fourth-order valence-electron chi connectivity index (χ4n) is 3.45. The average molecular weight is 270 g/mol. The molecule has 0 bridgehead atoms. The first-order chi connectivity index (χ1) is 8.83. The van der Waals surface area contributed by atoms with E-state index in [9.17, 15) is 0 Å². The smallest absolute Gasteiger partial charge is 0.0850 e. The van der Waals surface area contributed by atoms with E-state index in [0.29, 0.717) is 5.41 Å². The van der Waals surface area contributed by atoms with Gasteiger partial charge in [-0.3, -0.25) is 11.3 Å². The average Bonchev–Trinajstić information content (AvgIpc) is 2.28. The molecular weight excluding hydrogens is 236 g/mol. The van der Waals surface area contributed by atoms with Gasteiger partial charge in [-0.25, -0.2) is 0 Å². The van der Waals surface area contributed by atoms with Crippen molar-refractivity contribution in [1.29, 1.82) is 0 Å². The minimum Gasteiger partial charge on any atom is -0.374 e. The molecule has 1 saturated carbocycles. The quantitative estimate of drug-likeness (QED) is 0.572. The molecule has 0 radical (unpaired) electrons. The maximum absolute atomic E-state index is 6.22. The molecule has 0 amide bonds. The Morgan fingerprint density at radius 1 is 1.42 bits per heavy atom. The molecule has 1 rings (SSSR count). The first kappa shape index (κ1) is 16.9. The van der Waals surface area contributed by atoms with Crippen molar-refractivity contribution in [3.63, 3.8) is 0 Å². The van der Waals surface area contributed by atoms with Crippen LogP contribution in [-0.4, -0.2) is 18.2 Å². The lowest BCUT2D eigenvalue weighted by molar-refractivity contribution is -0.103. The van der Waals surface area contributed by atoms with Crippen LogP contribution in [0.1, 0.15) is 73.1 Å². The van der Waals surface area contributed by atoms with Crippen LogP contribution in [0.15, 0.2) is 0 Å². The Morgan fingerprint density at radius 3 is 2.58 bits per heavy atom. The molecule has 3 heteroatoms. The van der Waals surface area contributed by atoms with E-state index in [-0.39, 0.29) is 11.6 Å². The maximum atomic E-state index is 6.22. The van der Waals surface area contributed by atoms with Crippen molar-refractivity contribution >= 4 is 0 Å². The van der Waals surface area contributed by atoms with Gasteiger partial charge in [0.2, 0.25) is 0 Å². The standard InChI is InChI=1S/C16H34N2O/c1-6-19-16(10-7-8-13(2)12-16)14(18-17)9-11-15(3,4)5/h13-14,18H,6-12,17H2,1-5H3. The Bertz CT molecular complexity index is 258. The van der Waals surface area contributed by atoms with Crippen molar-refractivity contribution in [3.05, 3.63) is 0 Å². The molecule has 19 heavy (non-hydrogen) atoms. The molecular formula is C16H34N2O. The molecule has 0 spiro atoms. The topological polar surface area (TPSA) is 47.3 Å². The molecule has 0 heterocycles. The number of nitrogens with two attached hydrogens (primary N) is 1. The molecule has 0 saturated heterocycles. The first-order valence-electron chi connectivity index (χ1n) is 7.93. The summed E-state index contributed by atoms with van der Waals surface area (Å²) >= 11 is 0. The Hall–Kier alpha value is -0.120. The van der Waals surface area contributed by atoms with Crippen molar-refractivity contribution in [3.8, 4) is 0 Å². The monoisotopic (exact) mass is 270 g/mol.